The molecule has 0 amide bonds. The predicted octanol–water partition coefficient (Wildman–Crippen LogP) is 3.42. The minimum atomic E-state index is -2.69. The third kappa shape index (κ3) is 1.98. The summed E-state index contributed by atoms with van der Waals surface area (Å²) in [6.45, 7) is 0. The summed E-state index contributed by atoms with van der Waals surface area (Å²) in [5.74, 6) is 0.360. The van der Waals surface area contributed by atoms with Gasteiger partial charge in [0.1, 0.15) is 17.0 Å². The normalized spacial score (nSPS) is 11.1. The van der Waals surface area contributed by atoms with Gasteiger partial charge in [-0.25, -0.2) is 13.8 Å². The Bertz CT molecular complexity index is 575. The molecule has 17 heavy (non-hydrogen) atoms. The SMILES string of the molecule is COc1ccc(Cl)c2c(N)cc(C(F)F)nc12. The molecule has 0 aliphatic heterocycles. The molecule has 90 valence electrons. The lowest BCUT2D eigenvalue weighted by Crippen LogP contribution is -1.98. The van der Waals surface area contributed by atoms with Crippen molar-refractivity contribution in [1.29, 1.82) is 0 Å². The number of pyridine rings is 1. The Labute approximate surface area is 101 Å². The molecule has 0 unspecified atom stereocenters. The quantitative estimate of drug-likeness (QED) is 0.898. The second-order valence-corrected chi connectivity index (χ2v) is 3.82. The molecule has 2 rings (SSSR count). The lowest BCUT2D eigenvalue weighted by molar-refractivity contribution is 0.146. The monoisotopic (exact) mass is 258 g/mol. The van der Waals surface area contributed by atoms with Crippen molar-refractivity contribution in [3.63, 3.8) is 0 Å². The van der Waals surface area contributed by atoms with E-state index in [1.54, 1.807) is 12.1 Å². The van der Waals surface area contributed by atoms with E-state index in [0.29, 0.717) is 16.2 Å². The number of halogens is 3. The molecule has 6 heteroatoms. The Kier molecular flexibility index (Phi) is 3.02. The van der Waals surface area contributed by atoms with Gasteiger partial charge in [0.05, 0.1) is 12.1 Å². The number of rotatable bonds is 2. The minimum Gasteiger partial charge on any atom is -0.494 e. The van der Waals surface area contributed by atoms with Crippen LogP contribution in [0, 0.1) is 0 Å². The first-order valence-electron chi connectivity index (χ1n) is 4.75. The zero-order valence-corrected chi connectivity index (χ0v) is 9.63. The zero-order chi connectivity index (χ0) is 12.6. The third-order valence-corrected chi connectivity index (χ3v) is 2.68. The third-order valence-electron chi connectivity index (χ3n) is 2.37. The van der Waals surface area contributed by atoms with Gasteiger partial charge in [-0.1, -0.05) is 11.6 Å². The van der Waals surface area contributed by atoms with Gasteiger partial charge in [-0.2, -0.15) is 0 Å². The van der Waals surface area contributed by atoms with Gasteiger partial charge in [0.2, 0.25) is 0 Å². The van der Waals surface area contributed by atoms with Crippen LogP contribution in [0.25, 0.3) is 10.9 Å². The first-order valence-corrected chi connectivity index (χ1v) is 5.13. The Hall–Kier alpha value is -1.62. The molecule has 1 aromatic heterocycles. The van der Waals surface area contributed by atoms with Crippen LogP contribution < -0.4 is 10.5 Å². The van der Waals surface area contributed by atoms with E-state index in [0.717, 1.165) is 6.07 Å². The molecule has 1 aromatic carbocycles. The van der Waals surface area contributed by atoms with Gasteiger partial charge in [-0.05, 0) is 18.2 Å². The summed E-state index contributed by atoms with van der Waals surface area (Å²) in [6.07, 6.45) is -2.69. The van der Waals surface area contributed by atoms with Crippen molar-refractivity contribution < 1.29 is 13.5 Å². The van der Waals surface area contributed by atoms with Crippen molar-refractivity contribution >= 4 is 28.2 Å². The van der Waals surface area contributed by atoms with Crippen molar-refractivity contribution in [1.82, 2.24) is 4.98 Å². The Morgan fingerprint density at radius 1 is 1.41 bits per heavy atom. The predicted molar refractivity (Wildman–Crippen MR) is 62.7 cm³/mol. The van der Waals surface area contributed by atoms with Gasteiger partial charge in [0, 0.05) is 11.1 Å². The van der Waals surface area contributed by atoms with E-state index in [9.17, 15) is 8.78 Å². The fourth-order valence-corrected chi connectivity index (χ4v) is 1.86. The van der Waals surface area contributed by atoms with Crippen LogP contribution in [0.4, 0.5) is 14.5 Å². The number of anilines is 1. The van der Waals surface area contributed by atoms with Crippen LogP contribution in [0.3, 0.4) is 0 Å². The molecule has 0 atom stereocenters. The highest BCUT2D eigenvalue weighted by Gasteiger charge is 2.16. The van der Waals surface area contributed by atoms with E-state index in [-0.39, 0.29) is 11.2 Å². The number of nitrogens with two attached hydrogens (primary N) is 1. The largest absolute Gasteiger partial charge is 0.494 e. The molecule has 0 fully saturated rings. The molecule has 0 saturated heterocycles. The summed E-state index contributed by atoms with van der Waals surface area (Å²) < 4.78 is 30.3. The maximum absolute atomic E-state index is 12.6. The van der Waals surface area contributed by atoms with E-state index in [4.69, 9.17) is 22.1 Å². The number of aromatic nitrogens is 1. The van der Waals surface area contributed by atoms with E-state index < -0.39 is 12.1 Å². The molecule has 0 aliphatic rings. The number of hydrogen-bond donors (Lipinski definition) is 1. The Morgan fingerprint density at radius 3 is 2.71 bits per heavy atom. The molecule has 0 bridgehead atoms. The van der Waals surface area contributed by atoms with Crippen molar-refractivity contribution in [2.45, 2.75) is 6.43 Å². The number of nitrogens with zero attached hydrogens (tertiary/aromatic N) is 1. The number of fused-ring (bicyclic) bond motifs is 1. The molecule has 0 aliphatic carbocycles. The smallest absolute Gasteiger partial charge is 0.280 e. The summed E-state index contributed by atoms with van der Waals surface area (Å²) in [6, 6.07) is 4.27. The number of ether oxygens (including phenoxy) is 1. The van der Waals surface area contributed by atoms with Crippen LogP contribution in [-0.4, -0.2) is 12.1 Å². The van der Waals surface area contributed by atoms with Gasteiger partial charge in [0.25, 0.3) is 6.43 Å². The number of hydrogen-bond acceptors (Lipinski definition) is 3. The van der Waals surface area contributed by atoms with E-state index in [1.165, 1.54) is 7.11 Å². The second-order valence-electron chi connectivity index (χ2n) is 3.41. The van der Waals surface area contributed by atoms with Crippen molar-refractivity contribution in [2.75, 3.05) is 12.8 Å². The second kappa shape index (κ2) is 4.33. The average Bonchev–Trinajstić information content (AvgIpc) is 2.28. The van der Waals surface area contributed by atoms with Crippen LogP contribution >= 0.6 is 11.6 Å². The van der Waals surface area contributed by atoms with Crippen LogP contribution in [-0.2, 0) is 0 Å². The minimum absolute atomic E-state index is 0.161. The van der Waals surface area contributed by atoms with Crippen molar-refractivity contribution in [3.05, 3.63) is 28.9 Å². The van der Waals surface area contributed by atoms with Gasteiger partial charge >= 0.3 is 0 Å². The lowest BCUT2D eigenvalue weighted by atomic mass is 10.1. The van der Waals surface area contributed by atoms with Crippen LogP contribution in [0.5, 0.6) is 5.75 Å². The Morgan fingerprint density at radius 2 is 2.12 bits per heavy atom. The molecule has 0 saturated carbocycles. The molecule has 0 radical (unpaired) electrons. The van der Waals surface area contributed by atoms with E-state index in [2.05, 4.69) is 4.98 Å². The number of benzene rings is 1. The first-order chi connectivity index (χ1) is 8.04. The van der Waals surface area contributed by atoms with E-state index >= 15 is 0 Å². The standard InChI is InChI=1S/C11H9ClF2N2O/c1-17-8-3-2-5(12)9-6(15)4-7(11(13)14)16-10(8)9/h2-4,11H,1H3,(H2,15,16). The zero-order valence-electron chi connectivity index (χ0n) is 8.88. The number of alkyl halides is 2. The summed E-state index contributed by atoms with van der Waals surface area (Å²) in [7, 11) is 1.43. The molecular weight excluding hydrogens is 250 g/mol. The highest BCUT2D eigenvalue weighted by molar-refractivity contribution is 6.36. The Balaban J connectivity index is 2.85. The highest BCUT2D eigenvalue weighted by atomic mass is 35.5. The maximum atomic E-state index is 12.6. The van der Waals surface area contributed by atoms with Crippen LogP contribution in [0.2, 0.25) is 5.02 Å². The van der Waals surface area contributed by atoms with Gasteiger partial charge in [0.15, 0.2) is 0 Å². The lowest BCUT2D eigenvalue weighted by Gasteiger charge is -2.10. The topological polar surface area (TPSA) is 48.1 Å². The molecule has 1 heterocycles. The van der Waals surface area contributed by atoms with Crippen LogP contribution in [0.1, 0.15) is 12.1 Å². The number of methoxy groups -OCH3 is 1. The molecule has 0 spiro atoms. The van der Waals surface area contributed by atoms with Gasteiger partial charge in [-0.15, -0.1) is 0 Å². The number of nitrogen functional groups attached to an aromatic ring is 1. The van der Waals surface area contributed by atoms with E-state index in [1.807, 2.05) is 0 Å². The van der Waals surface area contributed by atoms with Gasteiger partial charge < -0.3 is 10.5 Å². The van der Waals surface area contributed by atoms with Crippen molar-refractivity contribution in [3.8, 4) is 5.75 Å². The summed E-state index contributed by atoms with van der Waals surface area (Å²) in [5.41, 5.74) is 5.72. The maximum Gasteiger partial charge on any atom is 0.280 e. The fourth-order valence-electron chi connectivity index (χ4n) is 1.60. The van der Waals surface area contributed by atoms with Crippen molar-refractivity contribution in [2.24, 2.45) is 0 Å². The fraction of sp³-hybridized carbons (Fsp3) is 0.182. The summed E-state index contributed by atoms with van der Waals surface area (Å²) in [5, 5.41) is 0.780. The molecule has 3 nitrogen and oxygen atoms in total. The summed E-state index contributed by atoms with van der Waals surface area (Å²) in [4.78, 5) is 3.83. The summed E-state index contributed by atoms with van der Waals surface area (Å²) >= 11 is 5.96. The average molecular weight is 259 g/mol. The highest BCUT2D eigenvalue weighted by Crippen LogP contribution is 2.35. The molecule has 2 aromatic rings. The molecule has 2 N–H and O–H groups in total. The first kappa shape index (κ1) is 11.9. The van der Waals surface area contributed by atoms with Crippen LogP contribution in [0.15, 0.2) is 18.2 Å². The van der Waals surface area contributed by atoms with Gasteiger partial charge in [-0.3, -0.25) is 0 Å². The molecular formula is C11H9ClF2N2O.